The van der Waals surface area contributed by atoms with Crippen LogP contribution < -0.4 is 10.1 Å². The zero-order chi connectivity index (χ0) is 22.7. The van der Waals surface area contributed by atoms with Crippen molar-refractivity contribution in [3.8, 4) is 11.3 Å². The van der Waals surface area contributed by atoms with Crippen molar-refractivity contribution in [1.82, 2.24) is 9.38 Å². The SMILES string of the molecule is Cc1cc2nc3sc(=Cc4ccc(-c5cc(C)c(C)c([N+](=O)[O-])c5)o4)c(=O)n3c2cc1C. The van der Waals surface area contributed by atoms with Crippen molar-refractivity contribution >= 4 is 39.1 Å². The topological polar surface area (TPSA) is 90.7 Å². The molecule has 3 aromatic heterocycles. The Morgan fingerprint density at radius 3 is 2.56 bits per heavy atom. The highest BCUT2D eigenvalue weighted by Gasteiger charge is 2.17. The second-order valence-corrected chi connectivity index (χ2v) is 8.98. The average Bonchev–Trinajstić information content (AvgIpc) is 3.41. The first kappa shape index (κ1) is 20.1. The summed E-state index contributed by atoms with van der Waals surface area (Å²) >= 11 is 1.31. The Hall–Kier alpha value is -3.78. The summed E-state index contributed by atoms with van der Waals surface area (Å²) in [5.74, 6) is 1.01. The molecular weight excluding hydrogens is 426 g/mol. The molecule has 32 heavy (non-hydrogen) atoms. The van der Waals surface area contributed by atoms with Crippen LogP contribution in [0, 0.1) is 37.8 Å². The molecule has 0 aliphatic rings. The molecule has 0 fully saturated rings. The van der Waals surface area contributed by atoms with Gasteiger partial charge in [0, 0.05) is 23.3 Å². The van der Waals surface area contributed by atoms with Gasteiger partial charge in [-0.2, -0.15) is 0 Å². The maximum Gasteiger partial charge on any atom is 0.275 e. The number of aromatic nitrogens is 2. The predicted molar refractivity (Wildman–Crippen MR) is 125 cm³/mol. The van der Waals surface area contributed by atoms with Crippen LogP contribution in [0.25, 0.3) is 33.4 Å². The number of fused-ring (bicyclic) bond motifs is 3. The summed E-state index contributed by atoms with van der Waals surface area (Å²) in [6, 6.07) is 10.9. The third-order valence-electron chi connectivity index (χ3n) is 5.88. The van der Waals surface area contributed by atoms with E-state index in [1.165, 1.54) is 17.4 Å². The molecule has 2 aromatic carbocycles. The van der Waals surface area contributed by atoms with E-state index in [1.54, 1.807) is 29.5 Å². The van der Waals surface area contributed by atoms with Gasteiger partial charge in [-0.05, 0) is 74.7 Å². The van der Waals surface area contributed by atoms with Crippen LogP contribution in [0.5, 0.6) is 0 Å². The summed E-state index contributed by atoms with van der Waals surface area (Å²) in [6.07, 6.45) is 1.69. The number of nitro benzene ring substituents is 1. The molecule has 0 saturated carbocycles. The summed E-state index contributed by atoms with van der Waals surface area (Å²) in [6.45, 7) is 7.60. The van der Waals surface area contributed by atoms with Crippen molar-refractivity contribution < 1.29 is 9.34 Å². The number of hydrogen-bond donors (Lipinski definition) is 0. The van der Waals surface area contributed by atoms with Crippen molar-refractivity contribution in [1.29, 1.82) is 0 Å². The lowest BCUT2D eigenvalue weighted by atomic mass is 10.0. The Bertz CT molecular complexity index is 1670. The number of aryl methyl sites for hydroxylation is 3. The van der Waals surface area contributed by atoms with Gasteiger partial charge in [0.15, 0.2) is 4.96 Å². The molecule has 0 aliphatic heterocycles. The molecule has 0 radical (unpaired) electrons. The van der Waals surface area contributed by atoms with Gasteiger partial charge in [-0.25, -0.2) is 9.38 Å². The summed E-state index contributed by atoms with van der Waals surface area (Å²) in [5.41, 5.74) is 5.83. The third-order valence-corrected chi connectivity index (χ3v) is 6.84. The number of hydrogen-bond acceptors (Lipinski definition) is 6. The van der Waals surface area contributed by atoms with E-state index in [4.69, 9.17) is 4.42 Å². The summed E-state index contributed by atoms with van der Waals surface area (Å²) < 4.78 is 8.06. The van der Waals surface area contributed by atoms with Gasteiger partial charge in [-0.3, -0.25) is 14.9 Å². The minimum absolute atomic E-state index is 0.0562. The quantitative estimate of drug-likeness (QED) is 0.292. The largest absolute Gasteiger partial charge is 0.457 e. The van der Waals surface area contributed by atoms with Crippen LogP contribution in [0.4, 0.5) is 5.69 Å². The molecule has 0 aliphatic carbocycles. The molecule has 7 nitrogen and oxygen atoms in total. The number of nitrogens with zero attached hydrogens (tertiary/aromatic N) is 3. The van der Waals surface area contributed by atoms with Gasteiger partial charge in [-0.15, -0.1) is 0 Å². The fraction of sp³-hybridized carbons (Fsp3) is 0.167. The minimum atomic E-state index is -0.388. The highest BCUT2D eigenvalue weighted by Crippen LogP contribution is 2.31. The van der Waals surface area contributed by atoms with Crippen LogP contribution in [-0.4, -0.2) is 14.3 Å². The molecular formula is C24H19N3O4S. The lowest BCUT2D eigenvalue weighted by Gasteiger charge is -2.04. The number of rotatable bonds is 3. The molecule has 0 unspecified atom stereocenters. The Labute approximate surface area is 186 Å². The lowest BCUT2D eigenvalue weighted by molar-refractivity contribution is -0.385. The van der Waals surface area contributed by atoms with Gasteiger partial charge < -0.3 is 4.42 Å². The molecule has 3 heterocycles. The van der Waals surface area contributed by atoms with Crippen molar-refractivity contribution in [2.45, 2.75) is 27.7 Å². The van der Waals surface area contributed by atoms with Crippen LogP contribution in [0.3, 0.4) is 0 Å². The maximum absolute atomic E-state index is 13.1. The molecule has 0 amide bonds. The standard InChI is InChI=1S/C24H19N3O4S/c1-12-8-18-20(9-13(12)2)26-23(28)22(32-24(26)25-18)11-17-5-6-21(31-17)16-7-14(3)15(4)19(10-16)27(29)30/h5-11H,1-4H3. The minimum Gasteiger partial charge on any atom is -0.457 e. The number of furan rings is 1. The molecule has 160 valence electrons. The third kappa shape index (κ3) is 3.11. The van der Waals surface area contributed by atoms with E-state index in [-0.39, 0.29) is 16.2 Å². The van der Waals surface area contributed by atoms with Crippen LogP contribution in [0.1, 0.15) is 28.0 Å². The van der Waals surface area contributed by atoms with Crippen LogP contribution in [0.15, 0.2) is 45.6 Å². The first-order valence-corrected chi connectivity index (χ1v) is 10.8. The fourth-order valence-electron chi connectivity index (χ4n) is 3.81. The molecule has 5 aromatic rings. The molecule has 0 saturated heterocycles. The number of imidazole rings is 1. The molecule has 0 atom stereocenters. The zero-order valence-electron chi connectivity index (χ0n) is 17.9. The normalized spacial score (nSPS) is 12.3. The van der Waals surface area contributed by atoms with Crippen LogP contribution >= 0.6 is 11.3 Å². The lowest BCUT2D eigenvalue weighted by Crippen LogP contribution is -2.22. The van der Waals surface area contributed by atoms with E-state index < -0.39 is 0 Å². The highest BCUT2D eigenvalue weighted by atomic mass is 32.1. The van der Waals surface area contributed by atoms with Crippen LogP contribution in [0.2, 0.25) is 0 Å². The second-order valence-electron chi connectivity index (χ2n) is 7.97. The van der Waals surface area contributed by atoms with Crippen molar-refractivity contribution in [2.75, 3.05) is 0 Å². The molecule has 0 bridgehead atoms. The van der Waals surface area contributed by atoms with Gasteiger partial charge >= 0.3 is 0 Å². The van der Waals surface area contributed by atoms with E-state index in [0.29, 0.717) is 32.1 Å². The second kappa shape index (κ2) is 7.13. The zero-order valence-corrected chi connectivity index (χ0v) is 18.7. The number of nitro groups is 1. The predicted octanol–water partition coefficient (Wildman–Crippen LogP) is 4.86. The van der Waals surface area contributed by atoms with Crippen LogP contribution in [-0.2, 0) is 0 Å². The van der Waals surface area contributed by atoms with E-state index in [9.17, 15) is 14.9 Å². The Morgan fingerprint density at radius 2 is 1.81 bits per heavy atom. The van der Waals surface area contributed by atoms with Gasteiger partial charge in [0.1, 0.15) is 16.1 Å². The van der Waals surface area contributed by atoms with Crippen molar-refractivity contribution in [2.24, 2.45) is 0 Å². The Morgan fingerprint density at radius 1 is 1.06 bits per heavy atom. The van der Waals surface area contributed by atoms with Crippen molar-refractivity contribution in [3.63, 3.8) is 0 Å². The Balaban J connectivity index is 1.60. The maximum atomic E-state index is 13.1. The summed E-state index contributed by atoms with van der Waals surface area (Å²) in [5, 5.41) is 11.4. The number of thiazole rings is 1. The Kier molecular flexibility index (Phi) is 4.49. The first-order chi connectivity index (χ1) is 15.2. The summed E-state index contributed by atoms with van der Waals surface area (Å²) in [7, 11) is 0. The monoisotopic (exact) mass is 445 g/mol. The van der Waals surface area contributed by atoms with E-state index >= 15 is 0 Å². The van der Waals surface area contributed by atoms with Gasteiger partial charge in [-0.1, -0.05) is 11.3 Å². The molecule has 5 rings (SSSR count). The van der Waals surface area contributed by atoms with Gasteiger partial charge in [0.05, 0.1) is 16.0 Å². The summed E-state index contributed by atoms with van der Waals surface area (Å²) in [4.78, 5) is 29.3. The molecule has 0 N–H and O–H groups in total. The average molecular weight is 446 g/mol. The van der Waals surface area contributed by atoms with E-state index in [0.717, 1.165) is 27.7 Å². The van der Waals surface area contributed by atoms with Gasteiger partial charge in [0.25, 0.3) is 11.2 Å². The number of benzene rings is 2. The van der Waals surface area contributed by atoms with E-state index in [1.807, 2.05) is 39.0 Å². The van der Waals surface area contributed by atoms with Gasteiger partial charge in [0.2, 0.25) is 0 Å². The molecule has 0 spiro atoms. The van der Waals surface area contributed by atoms with Crippen molar-refractivity contribution in [3.05, 3.63) is 89.4 Å². The first-order valence-electron chi connectivity index (χ1n) is 10.0. The fourth-order valence-corrected chi connectivity index (χ4v) is 4.77. The highest BCUT2D eigenvalue weighted by molar-refractivity contribution is 7.15. The molecule has 8 heteroatoms. The van der Waals surface area contributed by atoms with E-state index in [2.05, 4.69) is 4.98 Å². The smallest absolute Gasteiger partial charge is 0.275 e.